The molecule has 1 N–H and O–H groups in total. The van der Waals surface area contributed by atoms with Crippen LogP contribution in [-0.2, 0) is 16.0 Å². The second kappa shape index (κ2) is 10.7. The lowest BCUT2D eigenvalue weighted by Gasteiger charge is -2.34. The van der Waals surface area contributed by atoms with Gasteiger partial charge in [0.2, 0.25) is 11.2 Å². The van der Waals surface area contributed by atoms with Crippen LogP contribution in [0.15, 0.2) is 45.6 Å². The van der Waals surface area contributed by atoms with Crippen LogP contribution in [0.3, 0.4) is 0 Å². The molecule has 0 radical (unpaired) electrons. The smallest absolute Gasteiger partial charge is 0.409 e. The molecule has 1 aliphatic heterocycles. The number of nitrogens with zero attached hydrogens (tertiary/aromatic N) is 2. The first-order valence-electron chi connectivity index (χ1n) is 11.6. The SMILES string of the molecule is CCOC(=O)N1CCN(Cc2c(O)ccc3c(=O)c(Oc4ccc(C(=O)OC)cc4)c(C)oc23)CC1. The Morgan fingerprint density at radius 2 is 1.75 bits per heavy atom. The van der Waals surface area contributed by atoms with Crippen LogP contribution in [0.25, 0.3) is 11.0 Å². The van der Waals surface area contributed by atoms with Crippen LogP contribution in [0.2, 0.25) is 0 Å². The van der Waals surface area contributed by atoms with E-state index in [1.54, 1.807) is 30.9 Å². The number of ether oxygens (including phenoxy) is 3. The Kier molecular flexibility index (Phi) is 7.44. The number of amides is 1. The van der Waals surface area contributed by atoms with E-state index in [2.05, 4.69) is 4.90 Å². The number of fused-ring (bicyclic) bond motifs is 1. The topological polar surface area (TPSA) is 119 Å². The highest BCUT2D eigenvalue weighted by atomic mass is 16.6. The third-order valence-corrected chi connectivity index (χ3v) is 6.04. The highest BCUT2D eigenvalue weighted by Gasteiger charge is 2.25. The van der Waals surface area contributed by atoms with Crippen LogP contribution in [-0.4, -0.2) is 66.9 Å². The van der Waals surface area contributed by atoms with Crippen molar-refractivity contribution in [2.75, 3.05) is 39.9 Å². The van der Waals surface area contributed by atoms with Crippen LogP contribution < -0.4 is 10.2 Å². The summed E-state index contributed by atoms with van der Waals surface area (Å²) in [7, 11) is 1.30. The van der Waals surface area contributed by atoms with Gasteiger partial charge in [-0.25, -0.2) is 9.59 Å². The summed E-state index contributed by atoms with van der Waals surface area (Å²) < 4.78 is 21.6. The molecule has 0 saturated carbocycles. The molecule has 0 unspecified atom stereocenters. The van der Waals surface area contributed by atoms with Gasteiger partial charge >= 0.3 is 12.1 Å². The van der Waals surface area contributed by atoms with Crippen molar-refractivity contribution < 1.29 is 33.3 Å². The Morgan fingerprint density at radius 1 is 1.06 bits per heavy atom. The Bertz CT molecular complexity index is 1320. The average molecular weight is 497 g/mol. The number of methoxy groups -OCH3 is 1. The lowest BCUT2D eigenvalue weighted by molar-refractivity contribution is 0.0600. The number of phenolic OH excluding ortho intramolecular Hbond substituents is 1. The summed E-state index contributed by atoms with van der Waals surface area (Å²) in [4.78, 5) is 40.6. The third-order valence-electron chi connectivity index (χ3n) is 6.04. The summed E-state index contributed by atoms with van der Waals surface area (Å²) in [6.07, 6.45) is -0.334. The summed E-state index contributed by atoms with van der Waals surface area (Å²) >= 11 is 0. The second-order valence-corrected chi connectivity index (χ2v) is 8.34. The maximum absolute atomic E-state index is 13.3. The highest BCUT2D eigenvalue weighted by Crippen LogP contribution is 2.32. The van der Waals surface area contributed by atoms with Crippen LogP contribution in [0.5, 0.6) is 17.2 Å². The molecule has 190 valence electrons. The molecule has 1 amide bonds. The van der Waals surface area contributed by atoms with Gasteiger partial charge in [0.25, 0.3) is 0 Å². The number of aromatic hydroxyl groups is 1. The fraction of sp³-hybridized carbons (Fsp3) is 0.346. The largest absolute Gasteiger partial charge is 0.507 e. The quantitative estimate of drug-likeness (QED) is 0.510. The third kappa shape index (κ3) is 5.13. The molecule has 4 rings (SSSR count). The lowest BCUT2D eigenvalue weighted by atomic mass is 10.1. The molecule has 10 nitrogen and oxygen atoms in total. The number of aryl methyl sites for hydroxylation is 1. The maximum atomic E-state index is 13.3. The molecular weight excluding hydrogens is 468 g/mol. The van der Waals surface area contributed by atoms with Crippen molar-refractivity contribution in [3.8, 4) is 17.2 Å². The van der Waals surface area contributed by atoms with E-state index in [0.717, 1.165) is 0 Å². The number of carbonyl (C=O) groups excluding carboxylic acids is 2. The van der Waals surface area contributed by atoms with Gasteiger partial charge in [0.15, 0.2) is 0 Å². The molecule has 0 spiro atoms. The number of hydrogen-bond acceptors (Lipinski definition) is 9. The summed E-state index contributed by atoms with van der Waals surface area (Å²) in [5.74, 6) is 0.176. The van der Waals surface area contributed by atoms with Gasteiger partial charge in [-0.15, -0.1) is 0 Å². The zero-order chi connectivity index (χ0) is 25.8. The Morgan fingerprint density at radius 3 is 2.39 bits per heavy atom. The molecule has 36 heavy (non-hydrogen) atoms. The predicted molar refractivity (Wildman–Crippen MR) is 131 cm³/mol. The van der Waals surface area contributed by atoms with Gasteiger partial charge in [0, 0.05) is 32.7 Å². The predicted octanol–water partition coefficient (Wildman–Crippen LogP) is 3.66. The van der Waals surface area contributed by atoms with E-state index in [1.165, 1.54) is 31.4 Å². The van der Waals surface area contributed by atoms with Gasteiger partial charge < -0.3 is 28.6 Å². The molecule has 1 aromatic heterocycles. The van der Waals surface area contributed by atoms with E-state index in [1.807, 2.05) is 0 Å². The minimum absolute atomic E-state index is 0.0185. The van der Waals surface area contributed by atoms with Crippen LogP contribution >= 0.6 is 0 Å². The molecule has 1 fully saturated rings. The van der Waals surface area contributed by atoms with E-state index >= 15 is 0 Å². The number of rotatable bonds is 6. The Hall–Kier alpha value is -4.05. The van der Waals surface area contributed by atoms with Crippen LogP contribution in [0.4, 0.5) is 4.79 Å². The second-order valence-electron chi connectivity index (χ2n) is 8.34. The summed E-state index contributed by atoms with van der Waals surface area (Å²) in [6, 6.07) is 9.17. The molecule has 3 aromatic rings. The lowest BCUT2D eigenvalue weighted by Crippen LogP contribution is -2.48. The van der Waals surface area contributed by atoms with Gasteiger partial charge in [0.1, 0.15) is 22.8 Å². The molecule has 0 aliphatic carbocycles. The van der Waals surface area contributed by atoms with Crippen LogP contribution in [0.1, 0.15) is 28.6 Å². The molecule has 1 saturated heterocycles. The number of benzene rings is 2. The van der Waals surface area contributed by atoms with Crippen molar-refractivity contribution in [1.82, 2.24) is 9.80 Å². The van der Waals surface area contributed by atoms with Gasteiger partial charge in [0.05, 0.1) is 30.2 Å². The first kappa shape index (κ1) is 25.1. The zero-order valence-electron chi connectivity index (χ0n) is 20.4. The molecule has 2 aromatic carbocycles. The number of phenols is 1. The first-order valence-corrected chi connectivity index (χ1v) is 11.6. The van der Waals surface area contributed by atoms with Crippen LogP contribution in [0, 0.1) is 6.92 Å². The Balaban J connectivity index is 1.57. The first-order chi connectivity index (χ1) is 17.3. The minimum Gasteiger partial charge on any atom is -0.507 e. The fourth-order valence-electron chi connectivity index (χ4n) is 4.09. The number of piperazine rings is 1. The number of carbonyl (C=O) groups is 2. The molecular formula is C26H28N2O8. The fourth-order valence-corrected chi connectivity index (χ4v) is 4.09. The van der Waals surface area contributed by atoms with E-state index < -0.39 is 5.97 Å². The van der Waals surface area contributed by atoms with E-state index in [-0.39, 0.29) is 34.2 Å². The highest BCUT2D eigenvalue weighted by molar-refractivity contribution is 5.89. The minimum atomic E-state index is -0.474. The Labute approximate surface area is 207 Å². The number of esters is 1. The number of hydrogen-bond donors (Lipinski definition) is 1. The van der Waals surface area contributed by atoms with Gasteiger partial charge in [-0.1, -0.05) is 0 Å². The standard InChI is InChI=1S/C26H28N2O8/c1-4-34-26(32)28-13-11-27(12-14-28)15-20-21(29)10-9-19-22(30)23(16(2)35-24(19)20)36-18-7-5-17(6-8-18)25(31)33-3/h5-10,29H,4,11-15H2,1-3H3. The van der Waals surface area contributed by atoms with E-state index in [4.69, 9.17) is 18.6 Å². The van der Waals surface area contributed by atoms with Crippen molar-refractivity contribution in [2.24, 2.45) is 0 Å². The summed E-state index contributed by atoms with van der Waals surface area (Å²) in [6.45, 7) is 6.22. The molecule has 0 bridgehead atoms. The maximum Gasteiger partial charge on any atom is 0.409 e. The summed E-state index contributed by atoms with van der Waals surface area (Å²) in [5, 5.41) is 10.9. The molecule has 2 heterocycles. The zero-order valence-corrected chi connectivity index (χ0v) is 20.4. The van der Waals surface area contributed by atoms with E-state index in [9.17, 15) is 19.5 Å². The molecule has 0 atom stereocenters. The van der Waals surface area contributed by atoms with Gasteiger partial charge in [-0.2, -0.15) is 0 Å². The van der Waals surface area contributed by atoms with E-state index in [0.29, 0.717) is 61.8 Å². The van der Waals surface area contributed by atoms with Crippen molar-refractivity contribution in [2.45, 2.75) is 20.4 Å². The van der Waals surface area contributed by atoms with Gasteiger partial charge in [-0.05, 0) is 50.2 Å². The van der Waals surface area contributed by atoms with Crippen molar-refractivity contribution in [1.29, 1.82) is 0 Å². The molecule has 1 aliphatic rings. The van der Waals surface area contributed by atoms with Crippen molar-refractivity contribution in [3.05, 3.63) is 63.5 Å². The summed E-state index contributed by atoms with van der Waals surface area (Å²) in [5.41, 5.74) is 0.763. The average Bonchev–Trinajstić information content (AvgIpc) is 2.88. The van der Waals surface area contributed by atoms with Crippen molar-refractivity contribution >= 4 is 23.0 Å². The normalized spacial score (nSPS) is 14.0. The molecule has 10 heteroatoms. The van der Waals surface area contributed by atoms with Gasteiger partial charge in [-0.3, -0.25) is 9.69 Å². The van der Waals surface area contributed by atoms with Crippen molar-refractivity contribution in [3.63, 3.8) is 0 Å². The monoisotopic (exact) mass is 496 g/mol.